The quantitative estimate of drug-likeness (QED) is 0.763. The summed E-state index contributed by atoms with van der Waals surface area (Å²) in [6, 6.07) is 12.2. The Morgan fingerprint density at radius 1 is 1.10 bits per heavy atom. The maximum Gasteiger partial charge on any atom is 0.0332 e. The molecule has 1 aliphatic rings. The van der Waals surface area contributed by atoms with Crippen LogP contribution in [0.5, 0.6) is 0 Å². The van der Waals surface area contributed by atoms with Gasteiger partial charge in [-0.3, -0.25) is 0 Å². The first-order chi connectivity index (χ1) is 10.3. The lowest BCUT2D eigenvalue weighted by Crippen LogP contribution is -2.38. The third-order valence-corrected chi connectivity index (χ3v) is 4.85. The van der Waals surface area contributed by atoms with Gasteiger partial charge < -0.3 is 10.2 Å². The Kier molecular flexibility index (Phi) is 7.25. The standard InChI is InChI=1S/C19H32N2/c1-3-20-19(17-11-7-5-8-12-17)15-16-21(4-2)18-13-9-6-10-14-18/h5,7-8,11-12,18-20H,3-4,6,9-10,13-16H2,1-2H3. The fourth-order valence-electron chi connectivity index (χ4n) is 3.66. The molecule has 0 aliphatic heterocycles. The van der Waals surface area contributed by atoms with Gasteiger partial charge in [-0.05, 0) is 37.9 Å². The SMILES string of the molecule is CCNC(CCN(CC)C1CCCCC1)c1ccccc1. The van der Waals surface area contributed by atoms with Crippen molar-refractivity contribution >= 4 is 0 Å². The molecule has 1 N–H and O–H groups in total. The average molecular weight is 288 g/mol. The van der Waals surface area contributed by atoms with Crippen LogP contribution in [0.25, 0.3) is 0 Å². The van der Waals surface area contributed by atoms with Crippen LogP contribution in [0.1, 0.15) is 64.0 Å². The Balaban J connectivity index is 1.90. The maximum atomic E-state index is 3.65. The number of hydrogen-bond acceptors (Lipinski definition) is 2. The van der Waals surface area contributed by atoms with Crippen LogP contribution in [0.4, 0.5) is 0 Å². The van der Waals surface area contributed by atoms with Crippen molar-refractivity contribution in [3.63, 3.8) is 0 Å². The molecule has 1 aromatic carbocycles. The molecule has 0 bridgehead atoms. The van der Waals surface area contributed by atoms with Crippen molar-refractivity contribution in [1.29, 1.82) is 0 Å². The van der Waals surface area contributed by atoms with Crippen LogP contribution >= 0.6 is 0 Å². The van der Waals surface area contributed by atoms with E-state index < -0.39 is 0 Å². The van der Waals surface area contributed by atoms with Gasteiger partial charge in [0.1, 0.15) is 0 Å². The molecule has 0 aromatic heterocycles. The Bertz CT molecular complexity index is 370. The van der Waals surface area contributed by atoms with Gasteiger partial charge in [-0.25, -0.2) is 0 Å². The summed E-state index contributed by atoms with van der Waals surface area (Å²) >= 11 is 0. The average Bonchev–Trinajstić information content (AvgIpc) is 2.56. The molecule has 2 heteroatoms. The minimum atomic E-state index is 0.494. The first-order valence-electron chi connectivity index (χ1n) is 8.87. The predicted octanol–water partition coefficient (Wildman–Crippen LogP) is 4.38. The smallest absolute Gasteiger partial charge is 0.0332 e. The highest BCUT2D eigenvalue weighted by molar-refractivity contribution is 5.18. The molecule has 0 amide bonds. The molecule has 21 heavy (non-hydrogen) atoms. The van der Waals surface area contributed by atoms with Gasteiger partial charge in [0.2, 0.25) is 0 Å². The number of hydrogen-bond donors (Lipinski definition) is 1. The van der Waals surface area contributed by atoms with Crippen LogP contribution in [-0.4, -0.2) is 30.6 Å². The molecule has 0 spiro atoms. The number of benzene rings is 1. The lowest BCUT2D eigenvalue weighted by molar-refractivity contribution is 0.156. The number of nitrogens with one attached hydrogen (secondary N) is 1. The molecule has 0 saturated heterocycles. The number of nitrogens with zero attached hydrogens (tertiary/aromatic N) is 1. The topological polar surface area (TPSA) is 15.3 Å². The molecule has 0 heterocycles. The fraction of sp³-hybridized carbons (Fsp3) is 0.684. The van der Waals surface area contributed by atoms with E-state index in [1.54, 1.807) is 0 Å². The summed E-state index contributed by atoms with van der Waals surface area (Å²) < 4.78 is 0. The molecular weight excluding hydrogens is 256 g/mol. The first kappa shape index (κ1) is 16.5. The highest BCUT2D eigenvalue weighted by Gasteiger charge is 2.20. The van der Waals surface area contributed by atoms with Gasteiger partial charge in [0, 0.05) is 18.6 Å². The molecule has 1 fully saturated rings. The van der Waals surface area contributed by atoms with Gasteiger partial charge in [0.15, 0.2) is 0 Å². The van der Waals surface area contributed by atoms with Crippen molar-refractivity contribution in [2.45, 2.75) is 64.5 Å². The van der Waals surface area contributed by atoms with Gasteiger partial charge in [-0.1, -0.05) is 63.4 Å². The van der Waals surface area contributed by atoms with Crippen LogP contribution in [-0.2, 0) is 0 Å². The van der Waals surface area contributed by atoms with Crippen LogP contribution in [0.15, 0.2) is 30.3 Å². The summed E-state index contributed by atoms with van der Waals surface area (Å²) in [5, 5.41) is 3.65. The van der Waals surface area contributed by atoms with Gasteiger partial charge >= 0.3 is 0 Å². The van der Waals surface area contributed by atoms with Gasteiger partial charge in [-0.15, -0.1) is 0 Å². The number of rotatable bonds is 8. The zero-order valence-corrected chi connectivity index (χ0v) is 13.9. The maximum absolute atomic E-state index is 3.65. The third-order valence-electron chi connectivity index (χ3n) is 4.85. The van der Waals surface area contributed by atoms with Crippen molar-refractivity contribution < 1.29 is 0 Å². The summed E-state index contributed by atoms with van der Waals surface area (Å²) in [6.45, 7) is 7.97. The van der Waals surface area contributed by atoms with Crippen LogP contribution in [0.2, 0.25) is 0 Å². The lowest BCUT2D eigenvalue weighted by Gasteiger charge is -2.34. The zero-order valence-electron chi connectivity index (χ0n) is 13.9. The van der Waals surface area contributed by atoms with E-state index in [0.29, 0.717) is 6.04 Å². The van der Waals surface area contributed by atoms with E-state index in [1.807, 2.05) is 0 Å². The molecule has 1 atom stereocenters. The molecule has 2 nitrogen and oxygen atoms in total. The molecule has 1 unspecified atom stereocenters. The Labute approximate surface area is 130 Å². The summed E-state index contributed by atoms with van der Waals surface area (Å²) in [6.07, 6.45) is 8.32. The normalized spacial score (nSPS) is 18.0. The monoisotopic (exact) mass is 288 g/mol. The summed E-state index contributed by atoms with van der Waals surface area (Å²) in [4.78, 5) is 2.71. The first-order valence-corrected chi connectivity index (χ1v) is 8.87. The second-order valence-corrected chi connectivity index (χ2v) is 6.23. The van der Waals surface area contributed by atoms with Crippen LogP contribution in [0, 0.1) is 0 Å². The zero-order chi connectivity index (χ0) is 14.9. The molecule has 118 valence electrons. The van der Waals surface area contributed by atoms with Crippen LogP contribution < -0.4 is 5.32 Å². The summed E-state index contributed by atoms with van der Waals surface area (Å²) in [5.74, 6) is 0. The van der Waals surface area contributed by atoms with E-state index in [9.17, 15) is 0 Å². The second kappa shape index (κ2) is 9.22. The molecule has 0 radical (unpaired) electrons. The van der Waals surface area contributed by atoms with Gasteiger partial charge in [0.05, 0.1) is 0 Å². The summed E-state index contributed by atoms with van der Waals surface area (Å²) in [7, 11) is 0. The second-order valence-electron chi connectivity index (χ2n) is 6.23. The molecule has 1 aliphatic carbocycles. The van der Waals surface area contributed by atoms with Gasteiger partial charge in [0.25, 0.3) is 0 Å². The fourth-order valence-corrected chi connectivity index (χ4v) is 3.66. The highest BCUT2D eigenvalue weighted by atomic mass is 15.1. The van der Waals surface area contributed by atoms with E-state index in [2.05, 4.69) is 54.4 Å². The minimum Gasteiger partial charge on any atom is -0.310 e. The van der Waals surface area contributed by atoms with Crippen molar-refractivity contribution in [2.75, 3.05) is 19.6 Å². The Morgan fingerprint density at radius 3 is 2.43 bits per heavy atom. The van der Waals surface area contributed by atoms with Crippen molar-refractivity contribution in [3.8, 4) is 0 Å². The minimum absolute atomic E-state index is 0.494. The van der Waals surface area contributed by atoms with E-state index >= 15 is 0 Å². The lowest BCUT2D eigenvalue weighted by atomic mass is 9.93. The van der Waals surface area contributed by atoms with Crippen molar-refractivity contribution in [1.82, 2.24) is 10.2 Å². The van der Waals surface area contributed by atoms with Crippen molar-refractivity contribution in [2.24, 2.45) is 0 Å². The molecular formula is C19H32N2. The molecule has 2 rings (SSSR count). The van der Waals surface area contributed by atoms with E-state index in [4.69, 9.17) is 0 Å². The third kappa shape index (κ3) is 5.12. The van der Waals surface area contributed by atoms with Gasteiger partial charge in [-0.2, -0.15) is 0 Å². The van der Waals surface area contributed by atoms with E-state index in [1.165, 1.54) is 57.2 Å². The Hall–Kier alpha value is -0.860. The van der Waals surface area contributed by atoms with Crippen LogP contribution in [0.3, 0.4) is 0 Å². The molecule has 1 saturated carbocycles. The predicted molar refractivity (Wildman–Crippen MR) is 91.6 cm³/mol. The van der Waals surface area contributed by atoms with E-state index in [0.717, 1.165) is 12.6 Å². The molecule has 1 aromatic rings. The highest BCUT2D eigenvalue weighted by Crippen LogP contribution is 2.24. The van der Waals surface area contributed by atoms with Crippen molar-refractivity contribution in [3.05, 3.63) is 35.9 Å². The van der Waals surface area contributed by atoms with E-state index in [-0.39, 0.29) is 0 Å². The Morgan fingerprint density at radius 2 is 1.81 bits per heavy atom. The summed E-state index contributed by atoms with van der Waals surface area (Å²) in [5.41, 5.74) is 1.43. The largest absolute Gasteiger partial charge is 0.310 e.